The molecular weight excluding hydrogens is 208 g/mol. The van der Waals surface area contributed by atoms with Gasteiger partial charge in [-0.15, -0.1) is 0 Å². The first kappa shape index (κ1) is 13.0. The second-order valence-electron chi connectivity index (χ2n) is 4.49. The Labute approximate surface area is 95.8 Å². The van der Waals surface area contributed by atoms with Crippen molar-refractivity contribution in [3.8, 4) is 0 Å². The Balaban J connectivity index is 2.14. The summed E-state index contributed by atoms with van der Waals surface area (Å²) in [7, 11) is 0. The fourth-order valence-corrected chi connectivity index (χ4v) is 1.88. The van der Waals surface area contributed by atoms with Gasteiger partial charge in [-0.2, -0.15) is 0 Å². The van der Waals surface area contributed by atoms with Gasteiger partial charge >= 0.3 is 5.97 Å². The number of carbonyl (C=O) groups excluding carboxylic acids is 1. The third-order valence-corrected chi connectivity index (χ3v) is 2.80. The molecule has 1 aliphatic heterocycles. The first-order chi connectivity index (χ1) is 7.52. The highest BCUT2D eigenvalue weighted by Crippen LogP contribution is 2.14. The van der Waals surface area contributed by atoms with Crippen molar-refractivity contribution in [2.24, 2.45) is 5.92 Å². The van der Waals surface area contributed by atoms with Gasteiger partial charge in [-0.25, -0.2) is 0 Å². The monoisotopic (exact) mass is 228 g/mol. The average molecular weight is 228 g/mol. The maximum atomic E-state index is 11.5. The third-order valence-electron chi connectivity index (χ3n) is 2.80. The minimum absolute atomic E-state index is 0.00945. The molecule has 0 radical (unpaired) electrons. The maximum Gasteiger partial charge on any atom is 0.309 e. The molecular formula is C11H20N2O3. The van der Waals surface area contributed by atoms with Crippen molar-refractivity contribution in [3.05, 3.63) is 0 Å². The highest BCUT2D eigenvalue weighted by Gasteiger charge is 2.33. The van der Waals surface area contributed by atoms with Crippen LogP contribution in [0.2, 0.25) is 0 Å². The Hall–Kier alpha value is -1.10. The Morgan fingerprint density at radius 2 is 2.12 bits per heavy atom. The molecule has 0 aromatic rings. The molecule has 0 aliphatic carbocycles. The van der Waals surface area contributed by atoms with Crippen LogP contribution in [0.1, 0.15) is 26.7 Å². The summed E-state index contributed by atoms with van der Waals surface area (Å²) in [5.74, 6) is -1.07. The molecule has 5 heteroatoms. The van der Waals surface area contributed by atoms with Crippen LogP contribution < -0.4 is 5.32 Å². The molecule has 1 saturated heterocycles. The van der Waals surface area contributed by atoms with E-state index in [-0.39, 0.29) is 17.9 Å². The molecule has 0 bridgehead atoms. The van der Waals surface area contributed by atoms with Crippen molar-refractivity contribution in [1.82, 2.24) is 10.2 Å². The number of carboxylic acid groups (broad SMARTS) is 1. The summed E-state index contributed by atoms with van der Waals surface area (Å²) in [5, 5.41) is 11.6. The van der Waals surface area contributed by atoms with Crippen molar-refractivity contribution in [3.63, 3.8) is 0 Å². The lowest BCUT2D eigenvalue weighted by atomic mass is 10.0. The zero-order valence-electron chi connectivity index (χ0n) is 9.90. The van der Waals surface area contributed by atoms with Crippen molar-refractivity contribution >= 4 is 11.9 Å². The van der Waals surface area contributed by atoms with E-state index in [2.05, 4.69) is 12.2 Å². The largest absolute Gasteiger partial charge is 0.481 e. The smallest absolute Gasteiger partial charge is 0.309 e. The fraction of sp³-hybridized carbons (Fsp3) is 0.818. The molecule has 1 heterocycles. The summed E-state index contributed by atoms with van der Waals surface area (Å²) in [6, 6.07) is 0.203. The molecule has 0 aromatic heterocycles. The topological polar surface area (TPSA) is 69.6 Å². The van der Waals surface area contributed by atoms with E-state index in [1.54, 1.807) is 0 Å². The quantitative estimate of drug-likeness (QED) is 0.686. The second-order valence-corrected chi connectivity index (χ2v) is 4.49. The predicted octanol–water partition coefficient (Wildman–Crippen LogP) is 0.308. The van der Waals surface area contributed by atoms with Gasteiger partial charge in [0, 0.05) is 19.1 Å². The van der Waals surface area contributed by atoms with Crippen molar-refractivity contribution < 1.29 is 14.7 Å². The minimum atomic E-state index is -0.768. The Morgan fingerprint density at radius 3 is 2.62 bits per heavy atom. The van der Waals surface area contributed by atoms with Crippen LogP contribution in [0.15, 0.2) is 0 Å². The lowest BCUT2D eigenvalue weighted by molar-refractivity contribution is -0.148. The number of rotatable bonds is 6. The van der Waals surface area contributed by atoms with Crippen molar-refractivity contribution in [1.29, 1.82) is 0 Å². The van der Waals surface area contributed by atoms with Crippen LogP contribution in [0, 0.1) is 5.92 Å². The molecule has 1 aliphatic rings. The van der Waals surface area contributed by atoms with Gasteiger partial charge in [-0.1, -0.05) is 13.3 Å². The van der Waals surface area contributed by atoms with Crippen LogP contribution in [-0.4, -0.2) is 47.6 Å². The van der Waals surface area contributed by atoms with Crippen molar-refractivity contribution in [2.75, 3.05) is 19.6 Å². The van der Waals surface area contributed by atoms with E-state index in [9.17, 15) is 9.59 Å². The van der Waals surface area contributed by atoms with Gasteiger partial charge in [0.05, 0.1) is 12.5 Å². The normalized spacial score (nSPS) is 18.9. The number of carboxylic acids is 1. The maximum absolute atomic E-state index is 11.5. The van der Waals surface area contributed by atoms with Crippen LogP contribution in [0.5, 0.6) is 0 Å². The van der Waals surface area contributed by atoms with Crippen LogP contribution in [-0.2, 0) is 9.59 Å². The molecule has 1 rings (SSSR count). The predicted molar refractivity (Wildman–Crippen MR) is 60.1 cm³/mol. The lowest BCUT2D eigenvalue weighted by Gasteiger charge is -2.36. The zero-order valence-corrected chi connectivity index (χ0v) is 9.90. The summed E-state index contributed by atoms with van der Waals surface area (Å²) < 4.78 is 0. The van der Waals surface area contributed by atoms with Gasteiger partial charge < -0.3 is 10.4 Å². The number of nitrogens with zero attached hydrogens (tertiary/aromatic N) is 1. The molecule has 0 aromatic carbocycles. The van der Waals surface area contributed by atoms with Crippen LogP contribution in [0.25, 0.3) is 0 Å². The summed E-state index contributed by atoms with van der Waals surface area (Å²) in [4.78, 5) is 23.9. The lowest BCUT2D eigenvalue weighted by Crippen LogP contribution is -2.54. The summed E-state index contributed by atoms with van der Waals surface area (Å²) >= 11 is 0. The summed E-state index contributed by atoms with van der Waals surface area (Å²) in [5.41, 5.74) is 0. The molecule has 5 nitrogen and oxygen atoms in total. The van der Waals surface area contributed by atoms with E-state index in [1.165, 1.54) is 0 Å². The second kappa shape index (κ2) is 5.84. The average Bonchev–Trinajstić information content (AvgIpc) is 2.10. The number of carbonyl (C=O) groups is 2. The van der Waals surface area contributed by atoms with E-state index in [1.807, 2.05) is 11.8 Å². The number of hydrogen-bond donors (Lipinski definition) is 2. The van der Waals surface area contributed by atoms with Crippen LogP contribution in [0.4, 0.5) is 0 Å². The highest BCUT2D eigenvalue weighted by atomic mass is 16.4. The zero-order chi connectivity index (χ0) is 12.1. The van der Waals surface area contributed by atoms with E-state index < -0.39 is 5.97 Å². The van der Waals surface area contributed by atoms with Gasteiger partial charge in [0.15, 0.2) is 0 Å². The molecule has 1 amide bonds. The van der Waals surface area contributed by atoms with Gasteiger partial charge in [-0.3, -0.25) is 14.5 Å². The van der Waals surface area contributed by atoms with E-state index >= 15 is 0 Å². The molecule has 0 saturated carbocycles. The first-order valence-corrected chi connectivity index (χ1v) is 5.77. The molecule has 16 heavy (non-hydrogen) atoms. The minimum Gasteiger partial charge on any atom is -0.481 e. The standard InChI is InChI=1S/C11H20N2O3/c1-3-4-8(2)12-10(14)7-13-5-9(6-13)11(15)16/h8-9H,3-7H2,1-2H3,(H,12,14)(H,15,16). The number of amides is 1. The molecule has 2 N–H and O–H groups in total. The Morgan fingerprint density at radius 1 is 1.50 bits per heavy atom. The molecule has 1 unspecified atom stereocenters. The number of aliphatic carboxylic acids is 1. The molecule has 1 fully saturated rings. The van der Waals surface area contributed by atoms with E-state index in [0.717, 1.165) is 12.8 Å². The van der Waals surface area contributed by atoms with Gasteiger partial charge in [0.2, 0.25) is 5.91 Å². The van der Waals surface area contributed by atoms with E-state index in [4.69, 9.17) is 5.11 Å². The molecule has 92 valence electrons. The third kappa shape index (κ3) is 3.81. The van der Waals surface area contributed by atoms with Crippen LogP contribution in [0.3, 0.4) is 0 Å². The SMILES string of the molecule is CCCC(C)NC(=O)CN1CC(C(=O)O)C1. The summed E-state index contributed by atoms with van der Waals surface area (Å²) in [6.07, 6.45) is 2.02. The van der Waals surface area contributed by atoms with Crippen LogP contribution >= 0.6 is 0 Å². The Bertz CT molecular complexity index is 262. The Kier molecular flexibility index (Phi) is 4.73. The van der Waals surface area contributed by atoms with Gasteiger partial charge in [0.25, 0.3) is 0 Å². The molecule has 0 spiro atoms. The number of likely N-dealkylation sites (tertiary alicyclic amines) is 1. The number of hydrogen-bond acceptors (Lipinski definition) is 3. The fourth-order valence-electron chi connectivity index (χ4n) is 1.88. The van der Waals surface area contributed by atoms with Gasteiger partial charge in [-0.05, 0) is 13.3 Å². The van der Waals surface area contributed by atoms with E-state index in [0.29, 0.717) is 19.6 Å². The van der Waals surface area contributed by atoms with Gasteiger partial charge in [0.1, 0.15) is 0 Å². The number of nitrogens with one attached hydrogen (secondary N) is 1. The molecule has 1 atom stereocenters. The summed E-state index contributed by atoms with van der Waals surface area (Å²) in [6.45, 7) is 5.36. The van der Waals surface area contributed by atoms with Crippen molar-refractivity contribution in [2.45, 2.75) is 32.7 Å². The first-order valence-electron chi connectivity index (χ1n) is 5.77. The highest BCUT2D eigenvalue weighted by molar-refractivity contribution is 5.79.